The van der Waals surface area contributed by atoms with Gasteiger partial charge in [-0.3, -0.25) is 9.59 Å². The number of allylic oxidation sites excluding steroid dienone is 17. The third-order valence-electron chi connectivity index (χ3n) is 16.7. The number of carbonyl (C=O) groups excluding carboxylic acids is 2. The van der Waals surface area contributed by atoms with Crippen molar-refractivity contribution in [2.45, 2.75) is 359 Å². The van der Waals surface area contributed by atoms with E-state index in [0.717, 1.165) is 122 Å². The monoisotopic (exact) mass is 1250 g/mol. The number of carbonyl (C=O) groups is 2. The van der Waals surface area contributed by atoms with Crippen LogP contribution in [0.2, 0.25) is 0 Å². The number of hydrogen-bond acceptors (Lipinski definition) is 10. The van der Waals surface area contributed by atoms with Crippen LogP contribution in [0.1, 0.15) is 310 Å². The van der Waals surface area contributed by atoms with E-state index in [-0.39, 0.29) is 19.4 Å². The Labute approximate surface area is 545 Å². The van der Waals surface area contributed by atoms with E-state index in [1.807, 2.05) is 6.08 Å². The molecule has 1 rings (SSSR count). The zero-order chi connectivity index (χ0) is 64.6. The first-order valence-electron chi connectivity index (χ1n) is 36.7. The number of unbranched alkanes of at least 4 members (excludes halogenated alkanes) is 32. The van der Waals surface area contributed by atoms with Gasteiger partial charge in [0.2, 0.25) is 5.91 Å². The summed E-state index contributed by atoms with van der Waals surface area (Å²) >= 11 is 0. The molecule has 0 bridgehead atoms. The van der Waals surface area contributed by atoms with Crippen LogP contribution >= 0.6 is 0 Å². The molecule has 0 aliphatic carbocycles. The van der Waals surface area contributed by atoms with Gasteiger partial charge in [0.25, 0.3) is 0 Å². The summed E-state index contributed by atoms with van der Waals surface area (Å²) in [6.07, 6.45) is 78.3. The van der Waals surface area contributed by atoms with Gasteiger partial charge in [-0.05, 0) is 109 Å². The zero-order valence-corrected chi connectivity index (χ0v) is 57.0. The highest BCUT2D eigenvalue weighted by molar-refractivity contribution is 5.80. The maximum atomic E-state index is 13.5. The molecule has 1 heterocycles. The van der Waals surface area contributed by atoms with Crippen molar-refractivity contribution in [3.05, 3.63) is 109 Å². The molecule has 0 aromatic carbocycles. The molecule has 1 amide bonds. The van der Waals surface area contributed by atoms with Crippen LogP contribution in [-0.4, -0.2) is 99.6 Å². The summed E-state index contributed by atoms with van der Waals surface area (Å²) in [5.74, 6) is -1.20. The number of hydrogen-bond donors (Lipinski definition) is 6. The lowest BCUT2D eigenvalue weighted by molar-refractivity contribution is -0.305. The lowest BCUT2D eigenvalue weighted by Crippen LogP contribution is -2.61. The number of amides is 1. The Morgan fingerprint density at radius 3 is 1.24 bits per heavy atom. The number of aliphatic hydroxyl groups excluding tert-OH is 5. The van der Waals surface area contributed by atoms with Gasteiger partial charge < -0.3 is 45.1 Å². The molecule has 512 valence electrons. The third-order valence-corrected chi connectivity index (χ3v) is 16.7. The summed E-state index contributed by atoms with van der Waals surface area (Å²) in [5.41, 5.74) is 0. The second-order valence-electron chi connectivity index (χ2n) is 24.9. The molecule has 0 aromatic rings. The van der Waals surface area contributed by atoms with Crippen molar-refractivity contribution in [1.82, 2.24) is 5.32 Å². The molecule has 1 fully saturated rings. The van der Waals surface area contributed by atoms with Crippen LogP contribution in [0.4, 0.5) is 0 Å². The lowest BCUT2D eigenvalue weighted by Gasteiger charge is -2.41. The first kappa shape index (κ1) is 83.3. The minimum absolute atomic E-state index is 0.116. The summed E-state index contributed by atoms with van der Waals surface area (Å²) in [5, 5.41) is 57.3. The quantitative estimate of drug-likeness (QED) is 0.0195. The van der Waals surface area contributed by atoms with Crippen molar-refractivity contribution in [2.75, 3.05) is 13.2 Å². The SMILES string of the molecule is CC/C=C\C/C=C\C/C=C\C/C=C\C/C=C\C/C=C\CCCCCCCCCC(O)C(=O)NC(COC1OC(CO)C(O)C(O)C1OC(=O)CCCCCCCCCCCCC/C=C\C/C=C\CCCCC)C(O)/C=C/CCCCCCCCCCCCC. The molecule has 0 spiro atoms. The van der Waals surface area contributed by atoms with E-state index < -0.39 is 67.4 Å². The molecular formula is C78H135NO10. The first-order chi connectivity index (χ1) is 43.7. The summed E-state index contributed by atoms with van der Waals surface area (Å²) in [4.78, 5) is 26.7. The second-order valence-corrected chi connectivity index (χ2v) is 24.9. The number of aliphatic hydroxyl groups is 5. The highest BCUT2D eigenvalue weighted by atomic mass is 16.7. The van der Waals surface area contributed by atoms with Gasteiger partial charge in [0.1, 0.15) is 24.4 Å². The van der Waals surface area contributed by atoms with E-state index in [2.05, 4.69) is 123 Å². The van der Waals surface area contributed by atoms with Gasteiger partial charge >= 0.3 is 5.97 Å². The van der Waals surface area contributed by atoms with Gasteiger partial charge in [0.15, 0.2) is 12.4 Å². The number of esters is 1. The highest BCUT2D eigenvalue weighted by Gasteiger charge is 2.47. The molecule has 1 aliphatic heterocycles. The van der Waals surface area contributed by atoms with Crippen molar-refractivity contribution in [2.24, 2.45) is 0 Å². The van der Waals surface area contributed by atoms with Crippen LogP contribution in [0.5, 0.6) is 0 Å². The molecule has 1 saturated heterocycles. The molecule has 8 unspecified atom stereocenters. The van der Waals surface area contributed by atoms with E-state index in [9.17, 15) is 35.1 Å². The van der Waals surface area contributed by atoms with Gasteiger partial charge in [-0.15, -0.1) is 0 Å². The first-order valence-corrected chi connectivity index (χ1v) is 36.7. The Morgan fingerprint density at radius 1 is 0.449 bits per heavy atom. The van der Waals surface area contributed by atoms with Crippen LogP contribution in [0.25, 0.3) is 0 Å². The summed E-state index contributed by atoms with van der Waals surface area (Å²) in [6, 6.07) is -1.04. The predicted molar refractivity (Wildman–Crippen MR) is 375 cm³/mol. The van der Waals surface area contributed by atoms with Gasteiger partial charge in [-0.1, -0.05) is 304 Å². The Hall–Kier alpha value is -3.68. The normalized spacial score (nSPS) is 18.8. The average Bonchev–Trinajstić information content (AvgIpc) is 3.11. The summed E-state index contributed by atoms with van der Waals surface area (Å²) in [7, 11) is 0. The molecule has 0 saturated carbocycles. The van der Waals surface area contributed by atoms with E-state index in [4.69, 9.17) is 14.2 Å². The van der Waals surface area contributed by atoms with E-state index >= 15 is 0 Å². The van der Waals surface area contributed by atoms with Crippen molar-refractivity contribution in [3.63, 3.8) is 0 Å². The number of rotatable bonds is 62. The molecule has 1 aliphatic rings. The topological polar surface area (TPSA) is 175 Å². The highest BCUT2D eigenvalue weighted by Crippen LogP contribution is 2.26. The maximum absolute atomic E-state index is 13.5. The molecule has 89 heavy (non-hydrogen) atoms. The largest absolute Gasteiger partial charge is 0.454 e. The fourth-order valence-corrected chi connectivity index (χ4v) is 10.9. The molecule has 0 radical (unpaired) electrons. The summed E-state index contributed by atoms with van der Waals surface area (Å²) < 4.78 is 17.7. The molecule has 11 nitrogen and oxygen atoms in total. The Bertz CT molecular complexity index is 1870. The Balaban J connectivity index is 2.59. The minimum atomic E-state index is -1.62. The van der Waals surface area contributed by atoms with Crippen LogP contribution < -0.4 is 5.32 Å². The van der Waals surface area contributed by atoms with E-state index in [1.165, 1.54) is 141 Å². The van der Waals surface area contributed by atoms with Crippen molar-refractivity contribution in [1.29, 1.82) is 0 Å². The minimum Gasteiger partial charge on any atom is -0.454 e. The van der Waals surface area contributed by atoms with E-state index in [0.29, 0.717) is 12.8 Å². The number of ether oxygens (including phenoxy) is 3. The fourth-order valence-electron chi connectivity index (χ4n) is 10.9. The standard InChI is InChI=1S/C78H135NO10/c1-4-7-10-13-16-19-22-25-27-29-31-33-34-35-36-37-39-40-42-44-47-50-53-56-59-62-65-71(82)77(86)79-69(70(81)64-61-58-55-52-49-46-24-21-18-15-12-9-6-3)68-87-78-76(75(85)74(84)72(67-80)88-78)89-73(83)66-63-60-57-54-51-48-45-43-41-38-32-30-28-26-23-20-17-14-11-8-5-2/h7,10,16-17,19-20,25-28,31,33,35-36,39-40,61,64,69-72,74-76,78,80-82,84-85H,4-6,8-9,11-15,18,21-24,29-30,32,34,37-38,41-60,62-63,65-68H2,1-3H3,(H,79,86)/b10-7-,19-16-,20-17-,27-25-,28-26-,33-31-,36-35-,40-39-,64-61+. The fraction of sp³-hybridized carbons (Fsp3) is 0.744. The molecule has 6 N–H and O–H groups in total. The predicted octanol–water partition coefficient (Wildman–Crippen LogP) is 19.2. The number of nitrogens with one attached hydrogen (secondary N) is 1. The van der Waals surface area contributed by atoms with Crippen LogP contribution in [0, 0.1) is 0 Å². The smallest absolute Gasteiger partial charge is 0.306 e. The molecule has 0 aromatic heterocycles. The molecule has 11 heteroatoms. The van der Waals surface area contributed by atoms with Gasteiger partial charge in [0, 0.05) is 6.42 Å². The molecular weight excluding hydrogens is 1110 g/mol. The van der Waals surface area contributed by atoms with Gasteiger partial charge in [-0.25, -0.2) is 0 Å². The van der Waals surface area contributed by atoms with Crippen molar-refractivity contribution >= 4 is 11.9 Å². The summed E-state index contributed by atoms with van der Waals surface area (Å²) in [6.45, 7) is 5.68. The van der Waals surface area contributed by atoms with Crippen molar-refractivity contribution in [3.8, 4) is 0 Å². The van der Waals surface area contributed by atoms with Gasteiger partial charge in [0.05, 0.1) is 25.4 Å². The van der Waals surface area contributed by atoms with Gasteiger partial charge in [-0.2, -0.15) is 0 Å². The third kappa shape index (κ3) is 51.5. The lowest BCUT2D eigenvalue weighted by atomic mass is 9.99. The van der Waals surface area contributed by atoms with Crippen LogP contribution in [-0.2, 0) is 23.8 Å². The second kappa shape index (κ2) is 64.4. The van der Waals surface area contributed by atoms with Crippen LogP contribution in [0.15, 0.2) is 109 Å². The Morgan fingerprint density at radius 2 is 0.809 bits per heavy atom. The maximum Gasteiger partial charge on any atom is 0.306 e. The van der Waals surface area contributed by atoms with Crippen molar-refractivity contribution < 1.29 is 49.3 Å². The van der Waals surface area contributed by atoms with Crippen LogP contribution in [0.3, 0.4) is 0 Å². The zero-order valence-electron chi connectivity index (χ0n) is 57.0. The average molecular weight is 1250 g/mol. The van der Waals surface area contributed by atoms with E-state index in [1.54, 1.807) is 6.08 Å². The Kier molecular flexibility index (Phi) is 60.3. The molecule has 8 atom stereocenters.